The second-order valence-corrected chi connectivity index (χ2v) is 5.23. The van der Waals surface area contributed by atoms with Crippen molar-refractivity contribution >= 4 is 5.97 Å². The van der Waals surface area contributed by atoms with Gasteiger partial charge in [0, 0.05) is 6.54 Å². The van der Waals surface area contributed by atoms with Crippen LogP contribution in [0.4, 0.5) is 0 Å². The smallest absolute Gasteiger partial charge is 0.313 e. The SMILES string of the molecule is CCOC(=O)C(CC)(CN)Cc1cc(C)cc(C)c1. The predicted octanol–water partition coefficient (Wildman–Crippen LogP) is 2.76. The molecule has 3 heteroatoms. The fourth-order valence-corrected chi connectivity index (χ4v) is 2.49. The highest BCUT2D eigenvalue weighted by atomic mass is 16.5. The molecule has 19 heavy (non-hydrogen) atoms. The normalized spacial score (nSPS) is 13.9. The summed E-state index contributed by atoms with van der Waals surface area (Å²) in [5.74, 6) is -0.181. The largest absolute Gasteiger partial charge is 0.466 e. The van der Waals surface area contributed by atoms with Crippen molar-refractivity contribution in [1.29, 1.82) is 0 Å². The van der Waals surface area contributed by atoms with Gasteiger partial charge in [-0.2, -0.15) is 0 Å². The summed E-state index contributed by atoms with van der Waals surface area (Å²) in [5.41, 5.74) is 8.84. The van der Waals surface area contributed by atoms with Crippen LogP contribution in [0.5, 0.6) is 0 Å². The Labute approximate surface area is 116 Å². The predicted molar refractivity (Wildman–Crippen MR) is 78.0 cm³/mol. The first-order valence-electron chi connectivity index (χ1n) is 6.92. The molecule has 0 fully saturated rings. The molecule has 1 rings (SSSR count). The Hall–Kier alpha value is -1.35. The molecule has 1 atom stereocenters. The van der Waals surface area contributed by atoms with E-state index in [-0.39, 0.29) is 5.97 Å². The topological polar surface area (TPSA) is 52.3 Å². The van der Waals surface area contributed by atoms with Crippen molar-refractivity contribution in [3.63, 3.8) is 0 Å². The summed E-state index contributed by atoms with van der Waals surface area (Å²) in [6.45, 7) is 8.66. The summed E-state index contributed by atoms with van der Waals surface area (Å²) in [6, 6.07) is 6.36. The van der Waals surface area contributed by atoms with Gasteiger partial charge in [0.1, 0.15) is 0 Å². The molecule has 0 saturated heterocycles. The van der Waals surface area contributed by atoms with Crippen molar-refractivity contribution in [2.24, 2.45) is 11.1 Å². The van der Waals surface area contributed by atoms with Crippen molar-refractivity contribution in [3.05, 3.63) is 34.9 Å². The van der Waals surface area contributed by atoms with Crippen molar-refractivity contribution in [3.8, 4) is 0 Å². The van der Waals surface area contributed by atoms with Gasteiger partial charge < -0.3 is 10.5 Å². The fraction of sp³-hybridized carbons (Fsp3) is 0.562. The van der Waals surface area contributed by atoms with Crippen molar-refractivity contribution in [2.75, 3.05) is 13.2 Å². The lowest BCUT2D eigenvalue weighted by molar-refractivity contribution is -0.155. The Morgan fingerprint density at radius 1 is 1.21 bits per heavy atom. The molecule has 0 heterocycles. The Morgan fingerprint density at radius 3 is 2.21 bits per heavy atom. The zero-order valence-electron chi connectivity index (χ0n) is 12.5. The monoisotopic (exact) mass is 263 g/mol. The zero-order chi connectivity index (χ0) is 14.5. The highest BCUT2D eigenvalue weighted by molar-refractivity contribution is 5.77. The number of ether oxygens (including phenoxy) is 1. The third kappa shape index (κ3) is 3.80. The van der Waals surface area contributed by atoms with E-state index < -0.39 is 5.41 Å². The second-order valence-electron chi connectivity index (χ2n) is 5.23. The average Bonchev–Trinajstić information content (AvgIpc) is 2.35. The Kier molecular flexibility index (Phi) is 5.55. The van der Waals surface area contributed by atoms with E-state index in [1.807, 2.05) is 13.8 Å². The molecule has 1 aromatic carbocycles. The van der Waals surface area contributed by atoms with Gasteiger partial charge in [-0.25, -0.2) is 0 Å². The number of aryl methyl sites for hydroxylation is 2. The molecule has 0 aliphatic carbocycles. The van der Waals surface area contributed by atoms with E-state index in [2.05, 4.69) is 32.0 Å². The molecule has 0 spiro atoms. The van der Waals surface area contributed by atoms with Crippen molar-refractivity contribution < 1.29 is 9.53 Å². The molecule has 0 aromatic heterocycles. The summed E-state index contributed by atoms with van der Waals surface area (Å²) in [6.07, 6.45) is 1.33. The molecule has 2 N–H and O–H groups in total. The third-order valence-corrected chi connectivity index (χ3v) is 3.60. The average molecular weight is 263 g/mol. The quantitative estimate of drug-likeness (QED) is 0.803. The maximum absolute atomic E-state index is 12.2. The summed E-state index contributed by atoms with van der Waals surface area (Å²) in [4.78, 5) is 12.2. The van der Waals surface area contributed by atoms with E-state index in [1.54, 1.807) is 0 Å². The molecule has 1 aromatic rings. The number of hydrogen-bond donors (Lipinski definition) is 1. The van der Waals surface area contributed by atoms with Gasteiger partial charge in [-0.1, -0.05) is 36.2 Å². The van der Waals surface area contributed by atoms with Gasteiger partial charge in [-0.05, 0) is 39.2 Å². The molecule has 106 valence electrons. The first kappa shape index (κ1) is 15.7. The molecular weight excluding hydrogens is 238 g/mol. The van der Waals surface area contributed by atoms with E-state index in [4.69, 9.17) is 10.5 Å². The maximum Gasteiger partial charge on any atom is 0.313 e. The second kappa shape index (κ2) is 6.71. The Balaban J connectivity index is 3.03. The van der Waals surface area contributed by atoms with Crippen LogP contribution in [0, 0.1) is 19.3 Å². The van der Waals surface area contributed by atoms with Gasteiger partial charge in [-0.15, -0.1) is 0 Å². The number of hydrogen-bond acceptors (Lipinski definition) is 3. The molecule has 0 radical (unpaired) electrons. The van der Waals surface area contributed by atoms with Crippen molar-refractivity contribution in [1.82, 2.24) is 0 Å². The molecule has 0 aliphatic rings. The third-order valence-electron chi connectivity index (χ3n) is 3.60. The number of rotatable bonds is 6. The minimum Gasteiger partial charge on any atom is -0.466 e. The summed E-state index contributed by atoms with van der Waals surface area (Å²) in [5, 5.41) is 0. The van der Waals surface area contributed by atoms with Crippen LogP contribution >= 0.6 is 0 Å². The zero-order valence-corrected chi connectivity index (χ0v) is 12.5. The number of benzene rings is 1. The highest BCUT2D eigenvalue weighted by Crippen LogP contribution is 2.28. The van der Waals surface area contributed by atoms with Gasteiger partial charge in [0.05, 0.1) is 12.0 Å². The first-order chi connectivity index (χ1) is 8.97. The van der Waals surface area contributed by atoms with Crippen LogP contribution in [0.1, 0.15) is 37.0 Å². The molecule has 0 bridgehead atoms. The van der Waals surface area contributed by atoms with Crippen LogP contribution < -0.4 is 5.73 Å². The van der Waals surface area contributed by atoms with Crippen LogP contribution in [0.2, 0.25) is 0 Å². The van der Waals surface area contributed by atoms with E-state index in [0.29, 0.717) is 26.0 Å². The number of nitrogens with two attached hydrogens (primary N) is 1. The van der Waals surface area contributed by atoms with Gasteiger partial charge in [0.25, 0.3) is 0 Å². The van der Waals surface area contributed by atoms with Crippen LogP contribution in [0.3, 0.4) is 0 Å². The first-order valence-corrected chi connectivity index (χ1v) is 6.92. The van der Waals surface area contributed by atoms with E-state index in [9.17, 15) is 4.79 Å². The van der Waals surface area contributed by atoms with Gasteiger partial charge >= 0.3 is 5.97 Å². The lowest BCUT2D eigenvalue weighted by Gasteiger charge is -2.29. The van der Waals surface area contributed by atoms with Gasteiger partial charge in [0.2, 0.25) is 0 Å². The highest BCUT2D eigenvalue weighted by Gasteiger charge is 2.37. The van der Waals surface area contributed by atoms with Gasteiger partial charge in [-0.3, -0.25) is 4.79 Å². The lowest BCUT2D eigenvalue weighted by Crippen LogP contribution is -2.41. The molecule has 3 nitrogen and oxygen atoms in total. The maximum atomic E-state index is 12.2. The molecular formula is C16H25NO2. The Morgan fingerprint density at radius 2 is 1.79 bits per heavy atom. The van der Waals surface area contributed by atoms with Crippen LogP contribution in [0.15, 0.2) is 18.2 Å². The summed E-state index contributed by atoms with van der Waals surface area (Å²) >= 11 is 0. The summed E-state index contributed by atoms with van der Waals surface area (Å²) < 4.78 is 5.20. The minimum atomic E-state index is -0.601. The molecule has 0 saturated carbocycles. The fourth-order valence-electron chi connectivity index (χ4n) is 2.49. The number of carbonyl (C=O) groups is 1. The van der Waals surface area contributed by atoms with Crippen molar-refractivity contribution in [2.45, 2.75) is 40.5 Å². The van der Waals surface area contributed by atoms with E-state index in [1.165, 1.54) is 11.1 Å². The lowest BCUT2D eigenvalue weighted by atomic mass is 9.78. The van der Waals surface area contributed by atoms with Crippen LogP contribution in [-0.4, -0.2) is 19.1 Å². The minimum absolute atomic E-state index is 0.181. The number of carbonyl (C=O) groups excluding carboxylic acids is 1. The van der Waals surface area contributed by atoms with Gasteiger partial charge in [0.15, 0.2) is 0 Å². The summed E-state index contributed by atoms with van der Waals surface area (Å²) in [7, 11) is 0. The molecule has 0 aliphatic heterocycles. The van der Waals surface area contributed by atoms with E-state index >= 15 is 0 Å². The number of esters is 1. The van der Waals surface area contributed by atoms with Crippen LogP contribution in [-0.2, 0) is 16.0 Å². The van der Waals surface area contributed by atoms with E-state index in [0.717, 1.165) is 5.56 Å². The Bertz CT molecular complexity index is 416. The standard InChI is InChI=1S/C16H25NO2/c1-5-16(11-17,15(18)19-6-2)10-14-8-12(3)7-13(4)9-14/h7-9H,5-6,10-11,17H2,1-4H3. The molecule has 1 unspecified atom stereocenters. The molecule has 0 amide bonds. The van der Waals surface area contributed by atoms with Crippen LogP contribution in [0.25, 0.3) is 0 Å².